The van der Waals surface area contributed by atoms with E-state index in [0.29, 0.717) is 17.7 Å². The Bertz CT molecular complexity index is 888. The zero-order chi connectivity index (χ0) is 18.8. The zero-order valence-corrected chi connectivity index (χ0v) is 15.9. The summed E-state index contributed by atoms with van der Waals surface area (Å²) in [5, 5.41) is 3.98. The average molecular weight is 387 g/mol. The fraction of sp³-hybridized carbons (Fsp3) is 0.467. The third-order valence-corrected chi connectivity index (χ3v) is 7.58. The van der Waals surface area contributed by atoms with Gasteiger partial charge in [-0.1, -0.05) is 12.1 Å². The molecule has 1 aliphatic rings. The molecule has 0 unspecified atom stereocenters. The molecule has 0 aliphatic carbocycles. The van der Waals surface area contributed by atoms with Gasteiger partial charge in [-0.2, -0.15) is 5.10 Å². The molecule has 0 saturated carbocycles. The third kappa shape index (κ3) is 4.65. The molecule has 8 nitrogen and oxygen atoms in total. The van der Waals surface area contributed by atoms with Gasteiger partial charge in [0.05, 0.1) is 28.0 Å². The highest BCUT2D eigenvalue weighted by Gasteiger charge is 2.32. The summed E-state index contributed by atoms with van der Waals surface area (Å²) in [6, 6.07) is 6.13. The fourth-order valence-corrected chi connectivity index (χ4v) is 5.02. The van der Waals surface area contributed by atoms with Crippen LogP contribution in [0.3, 0.4) is 0 Å². The molecule has 2 rings (SSSR count). The topological polar surface area (TPSA) is 113 Å². The van der Waals surface area contributed by atoms with Crippen molar-refractivity contribution in [2.24, 2.45) is 11.0 Å². The van der Waals surface area contributed by atoms with Gasteiger partial charge in [0.15, 0.2) is 9.84 Å². The van der Waals surface area contributed by atoms with Gasteiger partial charge in [-0.05, 0) is 31.0 Å². The first kappa shape index (κ1) is 19.5. The standard InChI is InChI=1S/C15H21N3O5S2/c1-11(16-17-15(19)13-8-9-24(20,21)10-13)12-4-6-14(7-5-12)25(22,23)18(2)3/h4-7,13H,8-10H2,1-3H3,(H,17,19)/b16-11-/t13-/m0/s1. The summed E-state index contributed by atoms with van der Waals surface area (Å²) >= 11 is 0. The molecule has 1 fully saturated rings. The summed E-state index contributed by atoms with van der Waals surface area (Å²) < 4.78 is 48.0. The van der Waals surface area contributed by atoms with Crippen LogP contribution in [0.2, 0.25) is 0 Å². The molecule has 0 bridgehead atoms. The number of hydrogen-bond acceptors (Lipinski definition) is 6. The van der Waals surface area contributed by atoms with Crippen molar-refractivity contribution >= 4 is 31.5 Å². The maximum atomic E-state index is 12.0. The number of sulfonamides is 1. The predicted octanol–water partition coefficient (Wildman–Crippen LogP) is 0.212. The SMILES string of the molecule is C/C(=N/NC(=O)[C@H]1CCS(=O)(=O)C1)c1ccc(S(=O)(=O)N(C)C)cc1. The van der Waals surface area contributed by atoms with Gasteiger partial charge >= 0.3 is 0 Å². The van der Waals surface area contributed by atoms with Crippen LogP contribution >= 0.6 is 0 Å². The van der Waals surface area contributed by atoms with Crippen molar-refractivity contribution in [1.29, 1.82) is 0 Å². The van der Waals surface area contributed by atoms with Crippen molar-refractivity contribution in [3.8, 4) is 0 Å². The number of rotatable bonds is 5. The number of nitrogens with one attached hydrogen (secondary N) is 1. The maximum Gasteiger partial charge on any atom is 0.244 e. The van der Waals surface area contributed by atoms with Crippen molar-refractivity contribution in [2.45, 2.75) is 18.2 Å². The van der Waals surface area contributed by atoms with E-state index < -0.39 is 31.7 Å². The molecule has 1 atom stereocenters. The molecule has 1 amide bonds. The first-order valence-corrected chi connectivity index (χ1v) is 10.9. The van der Waals surface area contributed by atoms with Crippen LogP contribution in [0.5, 0.6) is 0 Å². The molecule has 10 heteroatoms. The van der Waals surface area contributed by atoms with Crippen LogP contribution in [0.25, 0.3) is 0 Å². The van der Waals surface area contributed by atoms with E-state index in [9.17, 15) is 21.6 Å². The Morgan fingerprint density at radius 3 is 2.32 bits per heavy atom. The third-order valence-electron chi connectivity index (χ3n) is 3.99. The lowest BCUT2D eigenvalue weighted by atomic mass is 10.1. The Morgan fingerprint density at radius 1 is 1.24 bits per heavy atom. The predicted molar refractivity (Wildman–Crippen MR) is 94.4 cm³/mol. The van der Waals surface area contributed by atoms with Crippen molar-refractivity contribution in [1.82, 2.24) is 9.73 Å². The minimum Gasteiger partial charge on any atom is -0.273 e. The van der Waals surface area contributed by atoms with E-state index in [1.54, 1.807) is 19.1 Å². The second kappa shape index (κ2) is 7.22. The van der Waals surface area contributed by atoms with Gasteiger partial charge in [0, 0.05) is 14.1 Å². The van der Waals surface area contributed by atoms with Gasteiger partial charge < -0.3 is 0 Å². The molecule has 0 radical (unpaired) electrons. The van der Waals surface area contributed by atoms with Crippen LogP contribution in [0.15, 0.2) is 34.3 Å². The second-order valence-corrected chi connectivity index (χ2v) is 10.5. The lowest BCUT2D eigenvalue weighted by Gasteiger charge is -2.11. The number of hydrazone groups is 1. The minimum atomic E-state index is -3.50. The monoisotopic (exact) mass is 387 g/mol. The molecule has 1 heterocycles. The van der Waals surface area contributed by atoms with Crippen LogP contribution in [0, 0.1) is 5.92 Å². The lowest BCUT2D eigenvalue weighted by molar-refractivity contribution is -0.124. The quantitative estimate of drug-likeness (QED) is 0.573. The molecule has 1 saturated heterocycles. The van der Waals surface area contributed by atoms with E-state index >= 15 is 0 Å². The lowest BCUT2D eigenvalue weighted by Crippen LogP contribution is -2.28. The van der Waals surface area contributed by atoms with Crippen LogP contribution in [-0.2, 0) is 24.7 Å². The molecule has 0 aromatic heterocycles. The van der Waals surface area contributed by atoms with Crippen molar-refractivity contribution in [3.05, 3.63) is 29.8 Å². The summed E-state index contributed by atoms with van der Waals surface area (Å²) in [6.07, 6.45) is 0.305. The normalized spacial score (nSPS) is 20.6. The van der Waals surface area contributed by atoms with Gasteiger partial charge in [0.1, 0.15) is 0 Å². The molecule has 1 aromatic rings. The van der Waals surface area contributed by atoms with Gasteiger partial charge in [-0.3, -0.25) is 4.79 Å². The van der Waals surface area contributed by atoms with Crippen LogP contribution in [0.4, 0.5) is 0 Å². The molecule has 1 aromatic carbocycles. The summed E-state index contributed by atoms with van der Waals surface area (Å²) in [5.74, 6) is -1.12. The van der Waals surface area contributed by atoms with Gasteiger partial charge in [-0.25, -0.2) is 26.6 Å². The summed E-state index contributed by atoms with van der Waals surface area (Å²) in [6.45, 7) is 1.67. The van der Waals surface area contributed by atoms with Crippen LogP contribution < -0.4 is 5.43 Å². The minimum absolute atomic E-state index is 0.0234. The van der Waals surface area contributed by atoms with E-state index in [-0.39, 0.29) is 16.4 Å². The number of carbonyl (C=O) groups excluding carboxylic acids is 1. The average Bonchev–Trinajstić information content (AvgIpc) is 2.92. The molecule has 1 aliphatic heterocycles. The molecule has 1 N–H and O–H groups in total. The number of benzene rings is 1. The highest BCUT2D eigenvalue weighted by atomic mass is 32.2. The first-order valence-electron chi connectivity index (χ1n) is 7.60. The van der Waals surface area contributed by atoms with Crippen molar-refractivity contribution < 1.29 is 21.6 Å². The van der Waals surface area contributed by atoms with E-state index in [0.717, 1.165) is 4.31 Å². The van der Waals surface area contributed by atoms with Gasteiger partial charge in [-0.15, -0.1) is 0 Å². The molecule has 25 heavy (non-hydrogen) atoms. The Morgan fingerprint density at radius 2 is 1.84 bits per heavy atom. The number of carbonyl (C=O) groups is 1. The van der Waals surface area contributed by atoms with Crippen molar-refractivity contribution in [2.75, 3.05) is 25.6 Å². The zero-order valence-electron chi connectivity index (χ0n) is 14.3. The van der Waals surface area contributed by atoms with Crippen LogP contribution in [-0.4, -0.2) is 58.4 Å². The molecular formula is C15H21N3O5S2. The second-order valence-electron chi connectivity index (χ2n) is 6.09. The van der Waals surface area contributed by atoms with E-state index in [2.05, 4.69) is 10.5 Å². The summed E-state index contributed by atoms with van der Waals surface area (Å²) in [5.41, 5.74) is 3.52. The number of hydrogen-bond donors (Lipinski definition) is 1. The Kier molecular flexibility index (Phi) is 5.65. The van der Waals surface area contributed by atoms with Gasteiger partial charge in [0.25, 0.3) is 0 Å². The summed E-state index contributed by atoms with van der Waals surface area (Å²) in [7, 11) is -3.72. The largest absolute Gasteiger partial charge is 0.273 e. The van der Waals surface area contributed by atoms with E-state index in [1.807, 2.05) is 0 Å². The first-order chi connectivity index (χ1) is 11.5. The highest BCUT2D eigenvalue weighted by Crippen LogP contribution is 2.18. The molecular weight excluding hydrogens is 366 g/mol. The number of nitrogens with zero attached hydrogens (tertiary/aromatic N) is 2. The fourth-order valence-electron chi connectivity index (χ4n) is 2.38. The summed E-state index contributed by atoms with van der Waals surface area (Å²) in [4.78, 5) is 12.1. The van der Waals surface area contributed by atoms with E-state index in [4.69, 9.17) is 0 Å². The smallest absolute Gasteiger partial charge is 0.244 e. The Balaban J connectivity index is 2.06. The van der Waals surface area contributed by atoms with Crippen LogP contribution in [0.1, 0.15) is 18.9 Å². The van der Waals surface area contributed by atoms with Gasteiger partial charge in [0.2, 0.25) is 15.9 Å². The Labute approximate surface area is 147 Å². The van der Waals surface area contributed by atoms with Crippen molar-refractivity contribution in [3.63, 3.8) is 0 Å². The molecule has 0 spiro atoms. The highest BCUT2D eigenvalue weighted by molar-refractivity contribution is 7.91. The number of sulfone groups is 1. The molecule has 138 valence electrons. The van der Waals surface area contributed by atoms with E-state index in [1.165, 1.54) is 26.2 Å². The maximum absolute atomic E-state index is 12.0. The number of amides is 1. The Hall–Kier alpha value is -1.78.